The Balaban J connectivity index is 2.00. The Hall–Kier alpha value is -1.90. The van der Waals surface area contributed by atoms with Crippen molar-refractivity contribution in [3.63, 3.8) is 0 Å². The molecule has 0 aromatic carbocycles. The highest BCUT2D eigenvalue weighted by atomic mass is 32.1. The van der Waals surface area contributed by atoms with Crippen molar-refractivity contribution < 1.29 is 23.1 Å². The molecule has 1 N–H and O–H groups in total. The Morgan fingerprint density at radius 2 is 2.14 bits per heavy atom. The summed E-state index contributed by atoms with van der Waals surface area (Å²) >= 11 is 1.35. The number of anilines is 1. The van der Waals surface area contributed by atoms with Crippen molar-refractivity contribution in [3.05, 3.63) is 17.3 Å². The molecule has 0 spiro atoms. The van der Waals surface area contributed by atoms with Crippen LogP contribution in [0.5, 0.6) is 0 Å². The van der Waals surface area contributed by atoms with E-state index in [1.54, 1.807) is 0 Å². The number of alkyl halides is 3. The second kappa shape index (κ2) is 5.08. The molecular formula is C13H12F3N3O2S. The lowest BCUT2D eigenvalue weighted by molar-refractivity contribution is -0.187. The summed E-state index contributed by atoms with van der Waals surface area (Å²) < 4.78 is 39.9. The average molecular weight is 331 g/mol. The number of rotatable bonds is 2. The van der Waals surface area contributed by atoms with Gasteiger partial charge in [-0.15, -0.1) is 11.3 Å². The van der Waals surface area contributed by atoms with Crippen molar-refractivity contribution >= 4 is 33.3 Å². The number of hydrogen-bond donors (Lipinski definition) is 1. The third kappa shape index (κ3) is 2.39. The maximum absolute atomic E-state index is 13.1. The third-order valence-electron chi connectivity index (χ3n) is 3.87. The molecule has 118 valence electrons. The fourth-order valence-corrected chi connectivity index (χ4v) is 3.76. The summed E-state index contributed by atoms with van der Waals surface area (Å²) in [5.41, 5.74) is 1.61. The summed E-state index contributed by atoms with van der Waals surface area (Å²) in [5, 5.41) is 10.9. The number of hydrogen-bond acceptors (Lipinski definition) is 5. The predicted octanol–water partition coefficient (Wildman–Crippen LogP) is 2.70. The summed E-state index contributed by atoms with van der Waals surface area (Å²) in [7, 11) is 0. The molecule has 0 radical (unpaired) electrons. The summed E-state index contributed by atoms with van der Waals surface area (Å²) in [6, 6.07) is 0. The summed E-state index contributed by atoms with van der Waals surface area (Å²) in [6.45, 7) is 1.25. The number of carboxylic acid groups (broad SMARTS) is 1. The molecule has 0 unspecified atom stereocenters. The van der Waals surface area contributed by atoms with Gasteiger partial charge in [0.1, 0.15) is 12.1 Å². The molecule has 0 saturated carbocycles. The van der Waals surface area contributed by atoms with E-state index in [1.165, 1.54) is 22.6 Å². The minimum absolute atomic E-state index is 0.206. The lowest BCUT2D eigenvalue weighted by Gasteiger charge is -2.19. The van der Waals surface area contributed by atoms with Gasteiger partial charge in [-0.05, 0) is 17.9 Å². The number of carbonyl (C=O) groups is 1. The first-order valence-electron chi connectivity index (χ1n) is 6.52. The van der Waals surface area contributed by atoms with E-state index in [2.05, 4.69) is 9.97 Å². The van der Waals surface area contributed by atoms with Crippen LogP contribution in [0, 0.1) is 18.8 Å². The van der Waals surface area contributed by atoms with Gasteiger partial charge in [-0.1, -0.05) is 0 Å². The van der Waals surface area contributed by atoms with Gasteiger partial charge < -0.3 is 10.0 Å². The van der Waals surface area contributed by atoms with Gasteiger partial charge in [0.25, 0.3) is 0 Å². The molecular weight excluding hydrogens is 319 g/mol. The molecule has 3 rings (SSSR count). The maximum atomic E-state index is 13.1. The molecule has 1 fully saturated rings. The van der Waals surface area contributed by atoms with Crippen molar-refractivity contribution in [2.45, 2.75) is 13.1 Å². The number of carboxylic acids is 1. The molecule has 5 nitrogen and oxygen atoms in total. The molecule has 0 amide bonds. The Morgan fingerprint density at radius 1 is 1.41 bits per heavy atom. The van der Waals surface area contributed by atoms with E-state index in [0.717, 1.165) is 5.56 Å². The zero-order chi connectivity index (χ0) is 16.1. The first kappa shape index (κ1) is 15.0. The van der Waals surface area contributed by atoms with E-state index in [0.29, 0.717) is 16.0 Å². The van der Waals surface area contributed by atoms with Gasteiger partial charge >= 0.3 is 12.1 Å². The summed E-state index contributed by atoms with van der Waals surface area (Å²) in [4.78, 5) is 20.8. The number of aromatic nitrogens is 2. The highest BCUT2D eigenvalue weighted by Gasteiger charge is 2.53. The van der Waals surface area contributed by atoms with Crippen LogP contribution in [0.1, 0.15) is 5.56 Å². The van der Waals surface area contributed by atoms with Gasteiger partial charge in [0, 0.05) is 13.1 Å². The minimum atomic E-state index is -4.55. The molecule has 22 heavy (non-hydrogen) atoms. The monoisotopic (exact) mass is 331 g/mol. The standard InChI is InChI=1S/C13H12F3N3O2S/c1-6-4-22-10-9(6)17-5-18-11(10)19-2-7(12(20)21)8(3-19)13(14,15)16/h4-5,7-8H,2-3H2,1H3,(H,20,21)/t7-,8-/m1/s1. The van der Waals surface area contributed by atoms with Crippen LogP contribution in [-0.2, 0) is 4.79 Å². The molecule has 3 heterocycles. The molecule has 2 atom stereocenters. The highest BCUT2D eigenvalue weighted by Crippen LogP contribution is 2.41. The predicted molar refractivity (Wildman–Crippen MR) is 75.0 cm³/mol. The van der Waals surface area contributed by atoms with Gasteiger partial charge in [-0.25, -0.2) is 9.97 Å². The van der Waals surface area contributed by atoms with Gasteiger partial charge in [-0.3, -0.25) is 4.79 Å². The van der Waals surface area contributed by atoms with Crippen LogP contribution in [-0.4, -0.2) is 40.3 Å². The number of halogens is 3. The average Bonchev–Trinajstić information content (AvgIpc) is 3.03. The van der Waals surface area contributed by atoms with Crippen LogP contribution in [0.4, 0.5) is 19.0 Å². The lowest BCUT2D eigenvalue weighted by Crippen LogP contribution is -2.33. The van der Waals surface area contributed by atoms with Gasteiger partial charge in [0.05, 0.1) is 22.1 Å². The maximum Gasteiger partial charge on any atom is 0.394 e. The van der Waals surface area contributed by atoms with Crippen LogP contribution >= 0.6 is 11.3 Å². The molecule has 2 aromatic heterocycles. The number of fused-ring (bicyclic) bond motifs is 1. The normalized spacial score (nSPS) is 22.5. The SMILES string of the molecule is Cc1csc2c(N3C[C@@H](C(F)(F)F)[C@H](C(=O)O)C3)ncnc12. The second-order valence-corrected chi connectivity index (χ2v) is 6.17. The van der Waals surface area contributed by atoms with E-state index >= 15 is 0 Å². The van der Waals surface area contributed by atoms with E-state index in [1.807, 2.05) is 12.3 Å². The van der Waals surface area contributed by atoms with E-state index in [-0.39, 0.29) is 6.54 Å². The zero-order valence-corrected chi connectivity index (χ0v) is 12.3. The van der Waals surface area contributed by atoms with Crippen LogP contribution in [0.15, 0.2) is 11.7 Å². The molecule has 2 aromatic rings. The second-order valence-electron chi connectivity index (χ2n) is 5.29. The van der Waals surface area contributed by atoms with Crippen LogP contribution in [0.2, 0.25) is 0 Å². The molecule has 1 aliphatic rings. The van der Waals surface area contributed by atoms with Gasteiger partial charge in [0.2, 0.25) is 0 Å². The van der Waals surface area contributed by atoms with E-state index in [4.69, 9.17) is 5.11 Å². The first-order chi connectivity index (χ1) is 10.3. The summed E-state index contributed by atoms with van der Waals surface area (Å²) in [5.74, 6) is -4.43. The third-order valence-corrected chi connectivity index (χ3v) is 4.95. The Labute approximate surface area is 127 Å². The fraction of sp³-hybridized carbons (Fsp3) is 0.462. The van der Waals surface area contributed by atoms with Crippen molar-refractivity contribution in [3.8, 4) is 0 Å². The molecule has 0 bridgehead atoms. The van der Waals surface area contributed by atoms with Gasteiger partial charge in [-0.2, -0.15) is 13.2 Å². The van der Waals surface area contributed by atoms with Crippen molar-refractivity contribution in [1.82, 2.24) is 9.97 Å². The Kier molecular flexibility index (Phi) is 3.47. The summed E-state index contributed by atoms with van der Waals surface area (Å²) in [6.07, 6.45) is -3.25. The quantitative estimate of drug-likeness (QED) is 0.916. The number of aryl methyl sites for hydroxylation is 1. The van der Waals surface area contributed by atoms with Crippen molar-refractivity contribution in [1.29, 1.82) is 0 Å². The molecule has 1 saturated heterocycles. The van der Waals surface area contributed by atoms with E-state index in [9.17, 15) is 18.0 Å². The fourth-order valence-electron chi connectivity index (χ4n) is 2.74. The van der Waals surface area contributed by atoms with Crippen LogP contribution in [0.3, 0.4) is 0 Å². The van der Waals surface area contributed by atoms with Crippen LogP contribution in [0.25, 0.3) is 10.2 Å². The first-order valence-corrected chi connectivity index (χ1v) is 7.40. The van der Waals surface area contributed by atoms with Crippen molar-refractivity contribution in [2.75, 3.05) is 18.0 Å². The topological polar surface area (TPSA) is 66.3 Å². The zero-order valence-electron chi connectivity index (χ0n) is 11.5. The van der Waals surface area contributed by atoms with Crippen LogP contribution < -0.4 is 4.90 Å². The molecule has 0 aliphatic carbocycles. The minimum Gasteiger partial charge on any atom is -0.481 e. The Bertz CT molecular complexity index is 731. The molecule has 1 aliphatic heterocycles. The number of thiophene rings is 1. The highest BCUT2D eigenvalue weighted by molar-refractivity contribution is 7.18. The van der Waals surface area contributed by atoms with Gasteiger partial charge in [0.15, 0.2) is 0 Å². The largest absolute Gasteiger partial charge is 0.481 e. The molecule has 9 heteroatoms. The number of nitrogens with zero attached hydrogens (tertiary/aromatic N) is 3. The van der Waals surface area contributed by atoms with Crippen molar-refractivity contribution in [2.24, 2.45) is 11.8 Å². The lowest BCUT2D eigenvalue weighted by atomic mass is 9.96. The van der Waals surface area contributed by atoms with E-state index < -0.39 is 30.5 Å². The Morgan fingerprint density at radius 3 is 2.73 bits per heavy atom. The smallest absolute Gasteiger partial charge is 0.394 e. The number of aliphatic carboxylic acids is 1.